The zero-order valence-corrected chi connectivity index (χ0v) is 17.1. The number of nitrogens with zero attached hydrogens (tertiary/aromatic N) is 4. The Balaban J connectivity index is 1.59. The van der Waals surface area contributed by atoms with Gasteiger partial charge in [-0.25, -0.2) is 4.79 Å². The largest absolute Gasteiger partial charge is 0.417 e. The molecule has 3 amide bonds. The Kier molecular flexibility index (Phi) is 7.16. The van der Waals surface area contributed by atoms with E-state index in [2.05, 4.69) is 20.8 Å². The van der Waals surface area contributed by atoms with E-state index < -0.39 is 23.7 Å². The molecule has 1 aliphatic rings. The quantitative estimate of drug-likeness (QED) is 0.675. The summed E-state index contributed by atoms with van der Waals surface area (Å²) in [5.74, 6) is 0.429. The summed E-state index contributed by atoms with van der Waals surface area (Å²) in [4.78, 5) is 27.5. The van der Waals surface area contributed by atoms with Crippen LogP contribution in [-0.2, 0) is 6.18 Å². The molecule has 31 heavy (non-hydrogen) atoms. The number of nitrogens with one attached hydrogen (secondary N) is 2. The number of anilines is 2. The normalized spacial score (nSPS) is 14.3. The van der Waals surface area contributed by atoms with Gasteiger partial charge in [0.15, 0.2) is 11.6 Å². The summed E-state index contributed by atoms with van der Waals surface area (Å²) >= 11 is 5.50. The maximum atomic E-state index is 13.2. The lowest BCUT2D eigenvalue weighted by Gasteiger charge is -2.35. The van der Waals surface area contributed by atoms with Gasteiger partial charge >= 0.3 is 12.2 Å². The van der Waals surface area contributed by atoms with Crippen molar-refractivity contribution in [1.29, 1.82) is 0 Å². The molecule has 0 aliphatic carbocycles. The maximum absolute atomic E-state index is 13.2. The van der Waals surface area contributed by atoms with Crippen LogP contribution in [0.2, 0.25) is 0 Å². The van der Waals surface area contributed by atoms with E-state index in [-0.39, 0.29) is 30.4 Å². The third kappa shape index (κ3) is 5.75. The van der Waals surface area contributed by atoms with Gasteiger partial charge in [0, 0.05) is 38.6 Å². The van der Waals surface area contributed by atoms with Gasteiger partial charge in [0.2, 0.25) is 0 Å². The molecule has 166 valence electrons. The number of rotatable bonds is 5. The first-order valence-corrected chi connectivity index (χ1v) is 9.98. The molecule has 1 fully saturated rings. The first-order valence-electron chi connectivity index (χ1n) is 9.44. The van der Waals surface area contributed by atoms with Gasteiger partial charge in [-0.2, -0.15) is 13.2 Å². The molecular weight excluding hydrogens is 437 g/mol. The minimum absolute atomic E-state index is 0.244. The molecule has 0 saturated carbocycles. The number of benzene rings is 1. The Labute approximate surface area is 181 Å². The Morgan fingerprint density at radius 1 is 1.03 bits per heavy atom. The number of piperazine rings is 1. The van der Waals surface area contributed by atoms with Crippen LogP contribution < -0.4 is 15.5 Å². The van der Waals surface area contributed by atoms with Gasteiger partial charge in [-0.15, -0.1) is 21.8 Å². The summed E-state index contributed by atoms with van der Waals surface area (Å²) in [6.45, 7) is 1.57. The molecule has 2 heterocycles. The van der Waals surface area contributed by atoms with E-state index in [9.17, 15) is 22.8 Å². The summed E-state index contributed by atoms with van der Waals surface area (Å²) in [6, 6.07) is 7.58. The van der Waals surface area contributed by atoms with Crippen molar-refractivity contribution in [3.63, 3.8) is 0 Å². The number of urea groups is 1. The highest BCUT2D eigenvalue weighted by Crippen LogP contribution is 2.32. The van der Waals surface area contributed by atoms with Crippen molar-refractivity contribution in [1.82, 2.24) is 20.4 Å². The molecule has 2 N–H and O–H groups in total. The van der Waals surface area contributed by atoms with Crippen molar-refractivity contribution >= 4 is 35.2 Å². The van der Waals surface area contributed by atoms with Crippen LogP contribution in [0.5, 0.6) is 0 Å². The van der Waals surface area contributed by atoms with Crippen LogP contribution in [0, 0.1) is 0 Å². The van der Waals surface area contributed by atoms with Crippen LogP contribution in [0.15, 0.2) is 36.4 Å². The molecule has 0 radical (unpaired) electrons. The molecule has 0 unspecified atom stereocenters. The molecule has 12 heteroatoms. The molecule has 1 aromatic heterocycles. The summed E-state index contributed by atoms with van der Waals surface area (Å²) in [6.07, 6.45) is -4.60. The summed E-state index contributed by atoms with van der Waals surface area (Å²) < 4.78 is 39.6. The van der Waals surface area contributed by atoms with E-state index in [4.69, 9.17) is 11.6 Å². The van der Waals surface area contributed by atoms with Gasteiger partial charge in [-0.05, 0) is 24.3 Å². The van der Waals surface area contributed by atoms with Crippen LogP contribution in [0.1, 0.15) is 15.9 Å². The fourth-order valence-electron chi connectivity index (χ4n) is 3.11. The van der Waals surface area contributed by atoms with Gasteiger partial charge in [-0.3, -0.25) is 10.1 Å². The fourth-order valence-corrected chi connectivity index (χ4v) is 3.20. The Hall–Kier alpha value is -3.08. The van der Waals surface area contributed by atoms with Gasteiger partial charge < -0.3 is 15.1 Å². The van der Waals surface area contributed by atoms with E-state index in [1.807, 2.05) is 4.90 Å². The monoisotopic (exact) mass is 456 g/mol. The molecule has 3 rings (SSSR count). The Morgan fingerprint density at radius 2 is 1.74 bits per heavy atom. The Bertz CT molecular complexity index is 918. The highest BCUT2D eigenvalue weighted by molar-refractivity contribution is 6.18. The molecule has 1 aliphatic heterocycles. The van der Waals surface area contributed by atoms with Gasteiger partial charge in [0.05, 0.1) is 11.1 Å². The number of carbonyl (C=O) groups excluding carboxylic acids is 2. The number of halogens is 4. The first-order chi connectivity index (χ1) is 14.8. The van der Waals surface area contributed by atoms with Crippen LogP contribution >= 0.6 is 11.6 Å². The van der Waals surface area contributed by atoms with Crippen LogP contribution in [0.4, 0.5) is 29.6 Å². The standard InChI is InChI=1S/C19H20ClF3N6O2/c20-7-8-24-18(31)25-15-5-6-16(27-26-15)28-9-11-29(12-10-28)17(30)13-3-1-2-4-14(13)19(21,22)23/h1-6H,7-12H2,(H2,24,25,26,31). The smallest absolute Gasteiger partial charge is 0.352 e. The second-order valence-corrected chi connectivity index (χ2v) is 7.05. The molecule has 1 saturated heterocycles. The SMILES string of the molecule is O=C(NCCCl)Nc1ccc(N2CCN(C(=O)c3ccccc3C(F)(F)F)CC2)nn1. The number of alkyl halides is 4. The van der Waals surface area contributed by atoms with Gasteiger partial charge in [0.1, 0.15) is 0 Å². The average Bonchev–Trinajstić information content (AvgIpc) is 2.77. The van der Waals surface area contributed by atoms with Crippen molar-refractivity contribution in [2.45, 2.75) is 6.18 Å². The molecule has 8 nitrogen and oxygen atoms in total. The average molecular weight is 457 g/mol. The predicted octanol–water partition coefficient (Wildman–Crippen LogP) is 2.82. The predicted molar refractivity (Wildman–Crippen MR) is 109 cm³/mol. The van der Waals surface area contributed by atoms with Crippen molar-refractivity contribution < 1.29 is 22.8 Å². The lowest BCUT2D eigenvalue weighted by molar-refractivity contribution is -0.138. The summed E-state index contributed by atoms with van der Waals surface area (Å²) in [7, 11) is 0. The summed E-state index contributed by atoms with van der Waals surface area (Å²) in [5, 5.41) is 13.1. The van der Waals surface area contributed by atoms with Crippen molar-refractivity contribution in [2.24, 2.45) is 0 Å². The third-order valence-electron chi connectivity index (χ3n) is 4.63. The number of amides is 3. The Morgan fingerprint density at radius 3 is 2.35 bits per heavy atom. The second kappa shape index (κ2) is 9.82. The topological polar surface area (TPSA) is 90.5 Å². The zero-order chi connectivity index (χ0) is 22.4. The minimum Gasteiger partial charge on any atom is -0.352 e. The third-order valence-corrected chi connectivity index (χ3v) is 4.81. The zero-order valence-electron chi connectivity index (χ0n) is 16.3. The highest BCUT2D eigenvalue weighted by atomic mass is 35.5. The number of carbonyl (C=O) groups is 2. The molecule has 0 spiro atoms. The maximum Gasteiger partial charge on any atom is 0.417 e. The van der Waals surface area contributed by atoms with Gasteiger partial charge in [0.25, 0.3) is 5.91 Å². The van der Waals surface area contributed by atoms with Crippen LogP contribution in [0.25, 0.3) is 0 Å². The van der Waals surface area contributed by atoms with Gasteiger partial charge in [-0.1, -0.05) is 12.1 Å². The lowest BCUT2D eigenvalue weighted by Crippen LogP contribution is -2.49. The number of hydrogen-bond donors (Lipinski definition) is 2. The van der Waals surface area contributed by atoms with E-state index >= 15 is 0 Å². The first kappa shape index (κ1) is 22.6. The van der Waals surface area contributed by atoms with Crippen LogP contribution in [0.3, 0.4) is 0 Å². The lowest BCUT2D eigenvalue weighted by atomic mass is 10.1. The van der Waals surface area contributed by atoms with E-state index in [1.165, 1.54) is 23.1 Å². The highest BCUT2D eigenvalue weighted by Gasteiger charge is 2.36. The number of hydrogen-bond acceptors (Lipinski definition) is 5. The molecule has 0 bridgehead atoms. The molecule has 0 atom stereocenters. The summed E-state index contributed by atoms with van der Waals surface area (Å²) in [5.41, 5.74) is -1.29. The van der Waals surface area contributed by atoms with Crippen LogP contribution in [-0.4, -0.2) is 65.6 Å². The van der Waals surface area contributed by atoms with E-state index in [0.29, 0.717) is 25.5 Å². The molecule has 2 aromatic rings. The minimum atomic E-state index is -4.60. The van der Waals surface area contributed by atoms with Crippen molar-refractivity contribution in [2.75, 3.05) is 48.8 Å². The van der Waals surface area contributed by atoms with E-state index in [1.54, 1.807) is 12.1 Å². The van der Waals surface area contributed by atoms with E-state index in [0.717, 1.165) is 6.07 Å². The second-order valence-electron chi connectivity index (χ2n) is 6.67. The van der Waals surface area contributed by atoms with Crippen molar-refractivity contribution in [3.05, 3.63) is 47.5 Å². The number of aromatic nitrogens is 2. The molecule has 1 aromatic carbocycles. The molecular formula is C19H20ClF3N6O2. The van der Waals surface area contributed by atoms with Crippen molar-refractivity contribution in [3.8, 4) is 0 Å². The fraction of sp³-hybridized carbons (Fsp3) is 0.368.